The minimum atomic E-state index is -0.709. The van der Waals surface area contributed by atoms with Gasteiger partial charge >= 0.3 is 5.97 Å². The van der Waals surface area contributed by atoms with Crippen molar-refractivity contribution in [2.45, 2.75) is 39.2 Å². The molecular weight excluding hydrogens is 216 g/mol. The van der Waals surface area contributed by atoms with Crippen LogP contribution in [0.2, 0.25) is 0 Å². The molecule has 0 radical (unpaired) electrons. The first-order chi connectivity index (χ1) is 7.86. The van der Waals surface area contributed by atoms with Crippen LogP contribution >= 0.6 is 0 Å². The number of piperidine rings is 1. The van der Waals surface area contributed by atoms with E-state index in [1.807, 2.05) is 7.05 Å². The Bertz CT molecular complexity index is 266. The first-order valence-electron chi connectivity index (χ1n) is 6.44. The van der Waals surface area contributed by atoms with E-state index < -0.39 is 5.97 Å². The molecule has 0 amide bonds. The van der Waals surface area contributed by atoms with Crippen molar-refractivity contribution in [2.75, 3.05) is 27.2 Å². The van der Waals surface area contributed by atoms with E-state index in [9.17, 15) is 4.79 Å². The lowest BCUT2D eigenvalue weighted by Crippen LogP contribution is -2.51. The molecule has 1 fully saturated rings. The van der Waals surface area contributed by atoms with Crippen molar-refractivity contribution in [2.24, 2.45) is 11.3 Å². The molecule has 0 saturated carbocycles. The van der Waals surface area contributed by atoms with Gasteiger partial charge < -0.3 is 15.3 Å². The first kappa shape index (κ1) is 14.5. The van der Waals surface area contributed by atoms with Crippen LogP contribution in [0.4, 0.5) is 0 Å². The van der Waals surface area contributed by atoms with Gasteiger partial charge in [0, 0.05) is 12.6 Å². The quantitative estimate of drug-likeness (QED) is 0.765. The molecule has 0 bridgehead atoms. The standard InChI is InChI=1S/C13H26N2O2/c1-13(2,8-11(16)17)12(14-3)10-6-5-7-15(4)9-10/h10,12,14H,5-9H2,1-4H3,(H,16,17). The summed E-state index contributed by atoms with van der Waals surface area (Å²) in [6, 6.07) is 0.265. The third-order valence-corrected chi connectivity index (χ3v) is 3.89. The molecule has 0 aromatic carbocycles. The summed E-state index contributed by atoms with van der Waals surface area (Å²) in [6.07, 6.45) is 2.63. The molecule has 2 atom stereocenters. The van der Waals surface area contributed by atoms with Crippen LogP contribution in [0.5, 0.6) is 0 Å². The zero-order chi connectivity index (χ0) is 13.1. The Hall–Kier alpha value is -0.610. The van der Waals surface area contributed by atoms with Crippen molar-refractivity contribution in [1.29, 1.82) is 0 Å². The second-order valence-corrected chi connectivity index (χ2v) is 5.99. The fourth-order valence-electron chi connectivity index (χ4n) is 3.24. The maximum Gasteiger partial charge on any atom is 0.303 e. The molecule has 2 N–H and O–H groups in total. The average molecular weight is 242 g/mol. The van der Waals surface area contributed by atoms with Crippen LogP contribution in [-0.4, -0.2) is 49.2 Å². The molecule has 0 aromatic heterocycles. The minimum absolute atomic E-state index is 0.205. The van der Waals surface area contributed by atoms with E-state index >= 15 is 0 Å². The summed E-state index contributed by atoms with van der Waals surface area (Å²) in [4.78, 5) is 13.3. The molecule has 1 saturated heterocycles. The zero-order valence-corrected chi connectivity index (χ0v) is 11.5. The van der Waals surface area contributed by atoms with Gasteiger partial charge in [0.15, 0.2) is 0 Å². The first-order valence-corrected chi connectivity index (χ1v) is 6.44. The summed E-state index contributed by atoms with van der Waals surface area (Å²) in [6.45, 7) is 6.33. The van der Waals surface area contributed by atoms with Gasteiger partial charge in [-0.3, -0.25) is 4.79 Å². The SMILES string of the molecule is CNC(C1CCCN(C)C1)C(C)(C)CC(=O)O. The van der Waals surface area contributed by atoms with E-state index in [0.29, 0.717) is 5.92 Å². The number of carboxylic acids is 1. The number of nitrogens with one attached hydrogen (secondary N) is 1. The summed E-state index contributed by atoms with van der Waals surface area (Å²) >= 11 is 0. The molecule has 4 heteroatoms. The topological polar surface area (TPSA) is 52.6 Å². The molecule has 100 valence electrons. The van der Waals surface area contributed by atoms with Gasteiger partial charge in [-0.1, -0.05) is 13.8 Å². The lowest BCUT2D eigenvalue weighted by molar-refractivity contribution is -0.140. The highest BCUT2D eigenvalue weighted by Gasteiger charge is 2.37. The van der Waals surface area contributed by atoms with Crippen molar-refractivity contribution in [3.63, 3.8) is 0 Å². The van der Waals surface area contributed by atoms with Crippen LogP contribution in [-0.2, 0) is 4.79 Å². The summed E-state index contributed by atoms with van der Waals surface area (Å²) in [5.74, 6) is -0.160. The monoisotopic (exact) mass is 242 g/mol. The minimum Gasteiger partial charge on any atom is -0.481 e. The molecular formula is C13H26N2O2. The van der Waals surface area contributed by atoms with Gasteiger partial charge in [0.2, 0.25) is 0 Å². The molecule has 0 aliphatic carbocycles. The van der Waals surface area contributed by atoms with E-state index in [1.165, 1.54) is 12.8 Å². The number of rotatable bonds is 5. The predicted molar refractivity (Wildman–Crippen MR) is 69.1 cm³/mol. The summed E-state index contributed by atoms with van der Waals surface area (Å²) in [5.41, 5.74) is -0.205. The van der Waals surface area contributed by atoms with Gasteiger partial charge in [0.25, 0.3) is 0 Å². The van der Waals surface area contributed by atoms with Crippen molar-refractivity contribution >= 4 is 5.97 Å². The van der Waals surface area contributed by atoms with Gasteiger partial charge in [-0.15, -0.1) is 0 Å². The van der Waals surface area contributed by atoms with Crippen LogP contribution in [0.15, 0.2) is 0 Å². The molecule has 1 aliphatic heterocycles. The average Bonchev–Trinajstić information content (AvgIpc) is 2.15. The molecule has 1 rings (SSSR count). The molecule has 0 spiro atoms. The van der Waals surface area contributed by atoms with Gasteiger partial charge in [-0.2, -0.15) is 0 Å². The number of hydrogen-bond acceptors (Lipinski definition) is 3. The normalized spacial score (nSPS) is 24.6. The van der Waals surface area contributed by atoms with Crippen molar-refractivity contribution in [1.82, 2.24) is 10.2 Å². The van der Waals surface area contributed by atoms with Crippen molar-refractivity contribution < 1.29 is 9.90 Å². The van der Waals surface area contributed by atoms with E-state index in [4.69, 9.17) is 5.11 Å². The molecule has 1 aliphatic rings. The predicted octanol–water partition coefficient (Wildman–Crippen LogP) is 1.42. The Labute approximate surface area is 104 Å². The zero-order valence-electron chi connectivity index (χ0n) is 11.5. The maximum atomic E-state index is 10.9. The van der Waals surface area contributed by atoms with Crippen molar-refractivity contribution in [3.8, 4) is 0 Å². The summed E-state index contributed by atoms with van der Waals surface area (Å²) in [7, 11) is 4.09. The number of aliphatic carboxylic acids is 1. The summed E-state index contributed by atoms with van der Waals surface area (Å²) in [5, 5.41) is 12.4. The largest absolute Gasteiger partial charge is 0.481 e. The molecule has 2 unspecified atom stereocenters. The number of carboxylic acid groups (broad SMARTS) is 1. The number of likely N-dealkylation sites (tertiary alicyclic amines) is 1. The van der Waals surface area contributed by atoms with E-state index in [0.717, 1.165) is 13.1 Å². The highest BCUT2D eigenvalue weighted by atomic mass is 16.4. The fraction of sp³-hybridized carbons (Fsp3) is 0.923. The maximum absolute atomic E-state index is 10.9. The number of nitrogens with zero attached hydrogens (tertiary/aromatic N) is 1. The van der Waals surface area contributed by atoms with Crippen molar-refractivity contribution in [3.05, 3.63) is 0 Å². The Kier molecular flexibility index (Phi) is 4.95. The number of carbonyl (C=O) groups is 1. The lowest BCUT2D eigenvalue weighted by Gasteiger charge is -2.42. The Morgan fingerprint density at radius 1 is 1.59 bits per heavy atom. The third-order valence-electron chi connectivity index (χ3n) is 3.89. The van der Waals surface area contributed by atoms with Crippen LogP contribution in [0, 0.1) is 11.3 Å². The van der Waals surface area contributed by atoms with E-state index in [1.54, 1.807) is 0 Å². The fourth-order valence-corrected chi connectivity index (χ4v) is 3.24. The Morgan fingerprint density at radius 3 is 2.71 bits per heavy atom. The molecule has 4 nitrogen and oxygen atoms in total. The van der Waals surface area contributed by atoms with Crippen LogP contribution < -0.4 is 5.32 Å². The van der Waals surface area contributed by atoms with Crippen LogP contribution in [0.3, 0.4) is 0 Å². The summed E-state index contributed by atoms with van der Waals surface area (Å²) < 4.78 is 0. The van der Waals surface area contributed by atoms with E-state index in [-0.39, 0.29) is 17.9 Å². The highest BCUT2D eigenvalue weighted by Crippen LogP contribution is 2.33. The molecule has 1 heterocycles. The van der Waals surface area contributed by atoms with Gasteiger partial charge in [-0.25, -0.2) is 0 Å². The molecule has 17 heavy (non-hydrogen) atoms. The lowest BCUT2D eigenvalue weighted by atomic mass is 9.73. The number of hydrogen-bond donors (Lipinski definition) is 2. The second kappa shape index (κ2) is 5.83. The van der Waals surface area contributed by atoms with E-state index in [2.05, 4.69) is 31.1 Å². The van der Waals surface area contributed by atoms with Crippen LogP contribution in [0.1, 0.15) is 33.1 Å². The third kappa shape index (κ3) is 3.96. The van der Waals surface area contributed by atoms with Gasteiger partial charge in [-0.05, 0) is 44.8 Å². The highest BCUT2D eigenvalue weighted by molar-refractivity contribution is 5.67. The Balaban J connectivity index is 2.71. The van der Waals surface area contributed by atoms with Gasteiger partial charge in [0.05, 0.1) is 6.42 Å². The Morgan fingerprint density at radius 2 is 2.24 bits per heavy atom. The molecule has 0 aromatic rings. The second-order valence-electron chi connectivity index (χ2n) is 5.99. The van der Waals surface area contributed by atoms with Gasteiger partial charge in [0.1, 0.15) is 0 Å². The smallest absolute Gasteiger partial charge is 0.303 e. The van der Waals surface area contributed by atoms with Crippen LogP contribution in [0.25, 0.3) is 0 Å².